The van der Waals surface area contributed by atoms with E-state index in [4.69, 9.17) is 90.0 Å². The predicted molar refractivity (Wildman–Crippen MR) is 352 cm³/mol. The van der Waals surface area contributed by atoms with Gasteiger partial charge in [0.15, 0.2) is 62.9 Å². The molecule has 56 heteroatoms. The van der Waals surface area contributed by atoms with Gasteiger partial charge in [-0.2, -0.15) is 0 Å². The van der Waals surface area contributed by atoms with E-state index in [1.54, 1.807) is 0 Å². The summed E-state index contributed by atoms with van der Waals surface area (Å²) in [5.41, 5.74) is 0. The smallest absolute Gasteiger partial charge is 0.394 e. The Morgan fingerprint density at radius 2 is 0.424 bits per heavy atom. The molecule has 10 saturated heterocycles. The number of phosphoric acid groups is 1. The van der Waals surface area contributed by atoms with Gasteiger partial charge in [0.25, 0.3) is 0 Å². The van der Waals surface area contributed by atoms with Crippen LogP contribution >= 0.6 is 7.82 Å². The van der Waals surface area contributed by atoms with Gasteiger partial charge in [0, 0.05) is 6.92 Å². The van der Waals surface area contributed by atoms with Crippen molar-refractivity contribution in [3.63, 3.8) is 0 Å². The van der Waals surface area contributed by atoms with E-state index in [1.165, 1.54) is 0 Å². The summed E-state index contributed by atoms with van der Waals surface area (Å²) in [5, 5.41) is 336. The summed E-state index contributed by atoms with van der Waals surface area (Å²) < 4.78 is 126. The van der Waals surface area contributed by atoms with Crippen molar-refractivity contribution in [2.75, 3.05) is 66.1 Å². The zero-order chi connectivity index (χ0) is 86.9. The van der Waals surface area contributed by atoms with Gasteiger partial charge < -0.3 is 258 Å². The maximum atomic E-state index is 12.2. The molecule has 10 aliphatic heterocycles. The Bertz CT molecular complexity index is 3120. The first-order chi connectivity index (χ1) is 55.8. The molecule has 10 heterocycles. The van der Waals surface area contributed by atoms with Crippen LogP contribution in [0.3, 0.4) is 0 Å². The van der Waals surface area contributed by atoms with Crippen LogP contribution in [0.15, 0.2) is 0 Å². The lowest BCUT2D eigenvalue weighted by Gasteiger charge is -2.51. The molecule has 0 aliphatic carbocycles. The second-order valence-corrected chi connectivity index (χ2v) is 30.5. The number of phosphoric ester groups is 1. The molecular formula is C62H106NO54P. The summed E-state index contributed by atoms with van der Waals surface area (Å²) in [7, 11) is -5.60. The lowest BCUT2D eigenvalue weighted by molar-refractivity contribution is -0.414. The van der Waals surface area contributed by atoms with Gasteiger partial charge in [-0.05, 0) is 0 Å². The fourth-order valence-electron chi connectivity index (χ4n) is 15.0. The Hall–Kier alpha value is -2.38. The number of hydrogen-bond acceptors (Lipinski definition) is 52. The third-order valence-corrected chi connectivity index (χ3v) is 22.0. The lowest BCUT2D eigenvalue weighted by atomic mass is 9.94. The van der Waals surface area contributed by atoms with Crippen LogP contribution in [0.25, 0.3) is 0 Å². The Morgan fingerprint density at radius 3 is 0.661 bits per heavy atom. The number of rotatable bonds is 31. The van der Waals surface area contributed by atoms with Gasteiger partial charge in [0.05, 0.1) is 66.1 Å². The molecule has 118 heavy (non-hydrogen) atoms. The average Bonchev–Trinajstić information content (AvgIpc) is 0.769. The summed E-state index contributed by atoms with van der Waals surface area (Å²) in [6.07, 6.45) is -109. The van der Waals surface area contributed by atoms with Crippen molar-refractivity contribution in [3.8, 4) is 0 Å². The molecule has 33 N–H and O–H groups in total. The van der Waals surface area contributed by atoms with Crippen LogP contribution in [0.4, 0.5) is 0 Å². The molecule has 10 aliphatic rings. The minimum absolute atomic E-state index is 0.810. The first-order valence-electron chi connectivity index (χ1n) is 36.9. The van der Waals surface area contributed by atoms with Crippen molar-refractivity contribution in [2.24, 2.45) is 0 Å². The highest BCUT2D eigenvalue weighted by Gasteiger charge is 2.63. The molecule has 0 bridgehead atoms. The molecule has 0 unspecified atom stereocenters. The minimum atomic E-state index is -5.60. The third-order valence-electron chi connectivity index (χ3n) is 21.5. The molecule has 0 saturated carbocycles. The lowest BCUT2D eigenvalue weighted by Crippen LogP contribution is -2.69. The topological polar surface area (TPSA) is 878 Å². The molecule has 0 aromatic rings. The maximum absolute atomic E-state index is 12.2. The second kappa shape index (κ2) is 42.0. The fraction of sp³-hybridized carbons (Fsp3) is 0.984. The first-order valence-corrected chi connectivity index (χ1v) is 38.5. The number of aliphatic hydroxyl groups excluding tert-OH is 30. The van der Waals surface area contributed by atoms with Crippen LogP contribution in [-0.2, 0) is 104 Å². The number of hydrogen-bond donors (Lipinski definition) is 33. The molecule has 688 valence electrons. The number of aliphatic hydroxyl groups is 30. The normalized spacial score (nSPS) is 51.3. The number of carbonyl (C=O) groups excluding carboxylic acids is 1. The highest BCUT2D eigenvalue weighted by atomic mass is 31.2. The summed E-state index contributed by atoms with van der Waals surface area (Å²) in [4.78, 5) is 31.3. The zero-order valence-corrected chi connectivity index (χ0v) is 62.6. The van der Waals surface area contributed by atoms with Crippen LogP contribution in [0, 0.1) is 0 Å². The molecule has 1 amide bonds. The van der Waals surface area contributed by atoms with Crippen LogP contribution in [0.1, 0.15) is 6.92 Å². The van der Waals surface area contributed by atoms with E-state index in [0.717, 1.165) is 6.92 Å². The van der Waals surface area contributed by atoms with Crippen LogP contribution in [-0.4, -0.2) is 542 Å². The summed E-state index contributed by atoms with van der Waals surface area (Å²) in [5.74, 6) is -0.810. The van der Waals surface area contributed by atoms with E-state index in [1.807, 2.05) is 0 Å². The number of carbonyl (C=O) groups is 1. The number of ether oxygens (including phenoxy) is 19. The average molecular weight is 1760 g/mol. The SMILES string of the molecule is CC(=O)N[C@@H]1[C@@H](O[C@H]2O[C@H](CO)[C@@H](O)[C@H](O[C@H]3O[C@H](CO)[C@@H](O)[C@H](O[C@H]4O[C@H](CO)[C@@H](O)[C@H](O)[C@@H]4O[C@H]4O[C@H](CO)[C@@H](O)[C@H](O)[C@@H]4O[C@H]4O[C@H](CO)[C@@H](O)[C@H](O[C@H]5O[C@H](CO)[C@@H](O)[C@H](O[C@H]6O[C@H](CO)[C@@H](O)[C@H](O)[C@@H]6O[C@H]6O[C@H](CO)[C@@H](O)[C@H](O)[C@@H]6O[C@H]6O[C@H](CO)[C@@H](O)[C@H](OP(=O)(O)O)[C@@H]6O)[C@@H]5O)[C@@H]4O)[C@@H]3O)[C@@H]2O)[C@H](O)[C@@H](CO)O[C@@H]1O. The van der Waals surface area contributed by atoms with Crippen molar-refractivity contribution in [1.29, 1.82) is 0 Å². The number of amides is 1. The molecule has 0 radical (unpaired) electrons. The van der Waals surface area contributed by atoms with Gasteiger partial charge in [-0.15, -0.1) is 0 Å². The summed E-state index contributed by atoms with van der Waals surface area (Å²) in [6.45, 7) is -10.6. The Balaban J connectivity index is 0.882. The Kier molecular flexibility index (Phi) is 34.8. The van der Waals surface area contributed by atoms with E-state index < -0.39 is 387 Å². The van der Waals surface area contributed by atoms with Crippen LogP contribution < -0.4 is 5.32 Å². The third kappa shape index (κ3) is 20.9. The van der Waals surface area contributed by atoms with E-state index in [0.29, 0.717) is 0 Å². The van der Waals surface area contributed by atoms with Gasteiger partial charge in [0.1, 0.15) is 244 Å². The monoisotopic (exact) mass is 1760 g/mol. The van der Waals surface area contributed by atoms with Gasteiger partial charge in [-0.3, -0.25) is 9.32 Å². The molecule has 0 aromatic heterocycles. The largest absolute Gasteiger partial charge is 0.470 e. The van der Waals surface area contributed by atoms with Crippen molar-refractivity contribution in [1.82, 2.24) is 5.32 Å². The Morgan fingerprint density at radius 1 is 0.246 bits per heavy atom. The highest BCUT2D eigenvalue weighted by Crippen LogP contribution is 2.45. The van der Waals surface area contributed by atoms with Crippen molar-refractivity contribution < 1.29 is 267 Å². The van der Waals surface area contributed by atoms with Crippen molar-refractivity contribution >= 4 is 13.7 Å². The molecular weight excluding hydrogens is 1650 g/mol. The minimum Gasteiger partial charge on any atom is -0.394 e. The molecule has 10 fully saturated rings. The standard InChI is InChI=1S/C62H106NO54P/c1-12(74)63-23-43(28(79)17(6-68)98-53(23)94)108-54-38(89)44(29(80)18(7-69)99-54)109-55-40(91)46(31(82)20(9-71)100-55)111-59-51(36(87)26(77)13(2-64)104-59)115-61-49(34(85)24(75)15(4-66)106-61)113-57-39(90)45(30(81)19(8-70)102-57)110-56-41(92)47(32(83)21(10-72)101-56)112-60-52(37(88)27(78)14(3-65)105-60)116-62-50(35(86)25(76)16(5-67)107-62)114-58-42(93)48(117-118(95,96)97)33(84)22(11-73)103-58/h13-62,64-73,75-94H,2-11H2,1H3,(H,63,74)(H2,95,96,97)/t13-,14-,15-,16-,17-,18-,19-,20-,21-,22-,23-,24-,25-,26-,27-,28-,29-,30-,31-,32-,33-,34+,35+,36+,37+,38+,39+,40+,41+,42+,43-,44+,45+,46+,47+,48+,49+,50+,51+,52+,53+,54-,55-,56-,57-,58-,59-,60-,61-,62-/m1/s1. The van der Waals surface area contributed by atoms with Crippen LogP contribution in [0.5, 0.6) is 0 Å². The quantitative estimate of drug-likeness (QED) is 0.0287. The number of nitrogens with one attached hydrogen (secondary N) is 1. The van der Waals surface area contributed by atoms with E-state index in [9.17, 15) is 172 Å². The van der Waals surface area contributed by atoms with Crippen molar-refractivity contribution in [2.45, 2.75) is 314 Å². The Labute approximate surface area is 664 Å². The highest BCUT2D eigenvalue weighted by molar-refractivity contribution is 7.46. The maximum Gasteiger partial charge on any atom is 0.470 e. The first kappa shape index (κ1) is 97.8. The summed E-state index contributed by atoms with van der Waals surface area (Å²) in [6, 6.07) is -1.66. The van der Waals surface area contributed by atoms with Crippen molar-refractivity contribution in [3.05, 3.63) is 0 Å². The van der Waals surface area contributed by atoms with Crippen LogP contribution in [0.2, 0.25) is 0 Å². The molecule has 55 nitrogen and oxygen atoms in total. The van der Waals surface area contributed by atoms with Gasteiger partial charge in [-0.25, -0.2) is 4.57 Å². The zero-order valence-electron chi connectivity index (χ0n) is 61.7. The molecule has 0 spiro atoms. The fourth-order valence-corrected chi connectivity index (χ4v) is 15.6. The van der Waals surface area contributed by atoms with E-state index in [2.05, 4.69) is 9.84 Å². The van der Waals surface area contributed by atoms with Gasteiger partial charge in [0.2, 0.25) is 5.91 Å². The van der Waals surface area contributed by atoms with Gasteiger partial charge >= 0.3 is 7.82 Å². The molecule has 10 rings (SSSR count). The summed E-state index contributed by atoms with van der Waals surface area (Å²) >= 11 is 0. The van der Waals surface area contributed by atoms with Gasteiger partial charge in [-0.1, -0.05) is 0 Å². The van der Waals surface area contributed by atoms with E-state index in [-0.39, 0.29) is 0 Å². The second-order valence-electron chi connectivity index (χ2n) is 29.3. The van der Waals surface area contributed by atoms with E-state index >= 15 is 0 Å². The predicted octanol–water partition coefficient (Wildman–Crippen LogP) is -22.5. The molecule has 50 atom stereocenters. The molecule has 0 aromatic carbocycles.